The van der Waals surface area contributed by atoms with Gasteiger partial charge < -0.3 is 14.5 Å². The van der Waals surface area contributed by atoms with Crippen molar-refractivity contribution in [2.45, 2.75) is 6.04 Å². The Morgan fingerprint density at radius 3 is 2.38 bits per heavy atom. The lowest BCUT2D eigenvalue weighted by Crippen LogP contribution is -2.33. The van der Waals surface area contributed by atoms with Gasteiger partial charge in [0.15, 0.2) is 6.61 Å². The third kappa shape index (κ3) is 4.36. The van der Waals surface area contributed by atoms with Gasteiger partial charge in [-0.3, -0.25) is 4.79 Å². The first-order valence-corrected chi connectivity index (χ1v) is 7.94. The first kappa shape index (κ1) is 17.4. The van der Waals surface area contributed by atoms with Crippen LogP contribution < -0.4 is 5.32 Å². The zero-order valence-electron chi connectivity index (χ0n) is 13.7. The average Bonchev–Trinajstić information content (AvgIpc) is 3.20. The van der Waals surface area contributed by atoms with E-state index in [1.54, 1.807) is 12.1 Å². The number of carbonyl (C=O) groups is 2. The molecule has 1 aromatic heterocycles. The van der Waals surface area contributed by atoms with Crippen LogP contribution in [0.25, 0.3) is 0 Å². The van der Waals surface area contributed by atoms with Crippen molar-refractivity contribution in [3.63, 3.8) is 0 Å². The second-order valence-electron chi connectivity index (χ2n) is 5.51. The van der Waals surface area contributed by atoms with Crippen molar-refractivity contribution in [3.05, 3.63) is 95.7 Å². The first-order chi connectivity index (χ1) is 12.6. The van der Waals surface area contributed by atoms with Crippen LogP contribution in [0.1, 0.15) is 27.7 Å². The molecule has 1 atom stereocenters. The Kier molecular flexibility index (Phi) is 5.43. The summed E-state index contributed by atoms with van der Waals surface area (Å²) in [6, 6.07) is 17.2. The van der Waals surface area contributed by atoms with Crippen molar-refractivity contribution in [1.29, 1.82) is 0 Å². The SMILES string of the molecule is O=C(COC(=O)c1ccc(F)cc1)N[C@@H](c1ccccc1)c1ccco1. The predicted octanol–water partition coefficient (Wildman–Crippen LogP) is 3.48. The molecule has 1 amide bonds. The number of ether oxygens (including phenoxy) is 1. The normalized spacial score (nSPS) is 11.6. The van der Waals surface area contributed by atoms with Gasteiger partial charge in [-0.1, -0.05) is 30.3 Å². The summed E-state index contributed by atoms with van der Waals surface area (Å²) < 4.78 is 23.3. The fourth-order valence-corrected chi connectivity index (χ4v) is 2.42. The van der Waals surface area contributed by atoms with E-state index in [4.69, 9.17) is 9.15 Å². The fourth-order valence-electron chi connectivity index (χ4n) is 2.42. The highest BCUT2D eigenvalue weighted by Crippen LogP contribution is 2.22. The van der Waals surface area contributed by atoms with Gasteiger partial charge in [0.25, 0.3) is 5.91 Å². The number of esters is 1. The summed E-state index contributed by atoms with van der Waals surface area (Å²) in [4.78, 5) is 24.1. The first-order valence-electron chi connectivity index (χ1n) is 7.94. The van der Waals surface area contributed by atoms with Gasteiger partial charge in [0.2, 0.25) is 0 Å². The van der Waals surface area contributed by atoms with Crippen LogP contribution in [0, 0.1) is 5.82 Å². The number of carbonyl (C=O) groups excluding carboxylic acids is 2. The minimum Gasteiger partial charge on any atom is -0.467 e. The van der Waals surface area contributed by atoms with E-state index in [0.717, 1.165) is 17.7 Å². The summed E-state index contributed by atoms with van der Waals surface area (Å²) in [6.07, 6.45) is 1.52. The molecule has 0 unspecified atom stereocenters. The third-order valence-electron chi connectivity index (χ3n) is 3.68. The van der Waals surface area contributed by atoms with E-state index in [9.17, 15) is 14.0 Å². The lowest BCUT2D eigenvalue weighted by atomic mass is 10.0. The topological polar surface area (TPSA) is 68.5 Å². The van der Waals surface area contributed by atoms with Gasteiger partial charge in [-0.25, -0.2) is 9.18 Å². The number of hydrogen-bond donors (Lipinski definition) is 1. The molecule has 3 rings (SSSR count). The van der Waals surface area contributed by atoms with E-state index in [0.29, 0.717) is 5.76 Å². The molecule has 0 aliphatic rings. The molecule has 0 saturated heterocycles. The zero-order valence-corrected chi connectivity index (χ0v) is 13.7. The Hall–Kier alpha value is -3.41. The molecular formula is C20H16FNO4. The molecule has 3 aromatic rings. The van der Waals surface area contributed by atoms with Crippen molar-refractivity contribution >= 4 is 11.9 Å². The Bertz CT molecular complexity index is 861. The van der Waals surface area contributed by atoms with Gasteiger partial charge in [-0.15, -0.1) is 0 Å². The molecule has 26 heavy (non-hydrogen) atoms. The van der Waals surface area contributed by atoms with Crippen LogP contribution in [0.5, 0.6) is 0 Å². The number of benzene rings is 2. The summed E-state index contributed by atoms with van der Waals surface area (Å²) in [5.41, 5.74) is 1.01. The van der Waals surface area contributed by atoms with Crippen LogP contribution in [0.2, 0.25) is 0 Å². The fraction of sp³-hybridized carbons (Fsp3) is 0.100. The van der Waals surface area contributed by atoms with Gasteiger partial charge in [-0.2, -0.15) is 0 Å². The van der Waals surface area contributed by atoms with Crippen LogP contribution in [-0.2, 0) is 9.53 Å². The largest absolute Gasteiger partial charge is 0.467 e. The Morgan fingerprint density at radius 2 is 1.73 bits per heavy atom. The van der Waals surface area contributed by atoms with Crippen LogP contribution in [-0.4, -0.2) is 18.5 Å². The molecular weight excluding hydrogens is 337 g/mol. The predicted molar refractivity (Wildman–Crippen MR) is 91.8 cm³/mol. The van der Waals surface area contributed by atoms with Crippen molar-refractivity contribution in [1.82, 2.24) is 5.32 Å². The molecule has 1 heterocycles. The number of nitrogens with one attached hydrogen (secondary N) is 1. The molecule has 0 spiro atoms. The minimum absolute atomic E-state index is 0.171. The number of amides is 1. The molecule has 0 fully saturated rings. The highest BCUT2D eigenvalue weighted by Gasteiger charge is 2.20. The van der Waals surface area contributed by atoms with Gasteiger partial charge in [0, 0.05) is 0 Å². The number of rotatable bonds is 6. The van der Waals surface area contributed by atoms with Crippen molar-refractivity contribution in [2.24, 2.45) is 0 Å². The summed E-state index contributed by atoms with van der Waals surface area (Å²) >= 11 is 0. The highest BCUT2D eigenvalue weighted by molar-refractivity contribution is 5.91. The van der Waals surface area contributed by atoms with Crippen molar-refractivity contribution < 1.29 is 23.1 Å². The van der Waals surface area contributed by atoms with Gasteiger partial charge in [0.1, 0.15) is 17.6 Å². The molecule has 0 saturated carbocycles. The summed E-state index contributed by atoms with van der Waals surface area (Å²) in [5, 5.41) is 2.78. The number of halogens is 1. The maximum atomic E-state index is 12.9. The van der Waals surface area contributed by atoms with Crippen LogP contribution >= 0.6 is 0 Å². The lowest BCUT2D eigenvalue weighted by Gasteiger charge is -2.17. The summed E-state index contributed by atoms with van der Waals surface area (Å²) in [6.45, 7) is -0.458. The number of furan rings is 1. The van der Waals surface area contributed by atoms with Crippen molar-refractivity contribution in [2.75, 3.05) is 6.61 Å². The zero-order chi connectivity index (χ0) is 18.4. The van der Waals surface area contributed by atoms with E-state index in [2.05, 4.69) is 5.32 Å². The van der Waals surface area contributed by atoms with Crippen molar-refractivity contribution in [3.8, 4) is 0 Å². The lowest BCUT2D eigenvalue weighted by molar-refractivity contribution is -0.124. The molecule has 0 aliphatic heterocycles. The molecule has 132 valence electrons. The van der Waals surface area contributed by atoms with E-state index in [1.807, 2.05) is 30.3 Å². The summed E-state index contributed by atoms with van der Waals surface area (Å²) in [5.74, 6) is -1.07. The minimum atomic E-state index is -0.700. The molecule has 0 radical (unpaired) electrons. The molecule has 1 N–H and O–H groups in total. The summed E-state index contributed by atoms with van der Waals surface area (Å²) in [7, 11) is 0. The van der Waals surface area contributed by atoms with E-state index < -0.39 is 30.3 Å². The standard InChI is InChI=1S/C20H16FNO4/c21-16-10-8-15(9-11-16)20(24)26-13-18(23)22-19(17-7-4-12-25-17)14-5-2-1-3-6-14/h1-12,19H,13H2,(H,22,23)/t19-/m0/s1. The molecule has 0 bridgehead atoms. The molecule has 2 aromatic carbocycles. The van der Waals surface area contributed by atoms with E-state index in [-0.39, 0.29) is 5.56 Å². The maximum Gasteiger partial charge on any atom is 0.338 e. The molecule has 5 nitrogen and oxygen atoms in total. The number of hydrogen-bond acceptors (Lipinski definition) is 4. The molecule has 0 aliphatic carbocycles. The van der Waals surface area contributed by atoms with Crippen LogP contribution in [0.15, 0.2) is 77.4 Å². The van der Waals surface area contributed by atoms with Crippen LogP contribution in [0.4, 0.5) is 4.39 Å². The smallest absolute Gasteiger partial charge is 0.338 e. The van der Waals surface area contributed by atoms with Gasteiger partial charge in [-0.05, 0) is 42.0 Å². The third-order valence-corrected chi connectivity index (χ3v) is 3.68. The second kappa shape index (κ2) is 8.11. The Balaban J connectivity index is 1.63. The second-order valence-corrected chi connectivity index (χ2v) is 5.51. The van der Waals surface area contributed by atoms with Gasteiger partial charge >= 0.3 is 5.97 Å². The molecule has 6 heteroatoms. The quantitative estimate of drug-likeness (QED) is 0.689. The van der Waals surface area contributed by atoms with Crippen LogP contribution in [0.3, 0.4) is 0 Å². The monoisotopic (exact) mass is 353 g/mol. The van der Waals surface area contributed by atoms with Gasteiger partial charge in [0.05, 0.1) is 11.8 Å². The van der Waals surface area contributed by atoms with E-state index >= 15 is 0 Å². The highest BCUT2D eigenvalue weighted by atomic mass is 19.1. The Morgan fingerprint density at radius 1 is 1.00 bits per heavy atom. The maximum absolute atomic E-state index is 12.9. The Labute approximate surface area is 149 Å². The average molecular weight is 353 g/mol. The van der Waals surface area contributed by atoms with E-state index in [1.165, 1.54) is 18.4 Å².